The van der Waals surface area contributed by atoms with E-state index < -0.39 is 0 Å². The van der Waals surface area contributed by atoms with E-state index in [0.29, 0.717) is 14.4 Å². The van der Waals surface area contributed by atoms with Gasteiger partial charge in [0.05, 0.1) is 4.91 Å². The van der Waals surface area contributed by atoms with Crippen molar-refractivity contribution in [2.45, 2.75) is 12.8 Å². The Morgan fingerprint density at radius 2 is 1.81 bits per heavy atom. The molecule has 2 aromatic carbocycles. The molecule has 0 radical (unpaired) electrons. The molecule has 1 aromatic heterocycles. The van der Waals surface area contributed by atoms with Crippen molar-refractivity contribution in [2.24, 2.45) is 0 Å². The summed E-state index contributed by atoms with van der Waals surface area (Å²) in [7, 11) is 0. The molecule has 4 rings (SSSR count). The van der Waals surface area contributed by atoms with Crippen molar-refractivity contribution >= 4 is 62.7 Å². The molecular formula is C23H19N3O2S3. The summed E-state index contributed by atoms with van der Waals surface area (Å²) < 4.78 is 0.472. The second kappa shape index (κ2) is 10.00. The van der Waals surface area contributed by atoms with Gasteiger partial charge in [-0.2, -0.15) is 0 Å². The molecule has 0 bridgehead atoms. The molecule has 1 aliphatic heterocycles. The standard InChI is InChI=1S/C23H19N3O2S3/c27-20(25-22-24-15-18(30-22)13-16-7-3-1-4-8-16)11-12-26-21(28)19(31-23(26)29)14-17-9-5-2-6-10-17/h1-10,14-15H,11-13H2,(H,24,25,27). The minimum Gasteiger partial charge on any atom is -0.302 e. The second-order valence-electron chi connectivity index (χ2n) is 6.84. The maximum absolute atomic E-state index is 12.7. The first-order chi connectivity index (χ1) is 15.1. The summed E-state index contributed by atoms with van der Waals surface area (Å²) in [6.07, 6.45) is 4.53. The van der Waals surface area contributed by atoms with Gasteiger partial charge in [0.15, 0.2) is 5.13 Å². The molecule has 0 spiro atoms. The van der Waals surface area contributed by atoms with Crippen LogP contribution in [0.1, 0.15) is 22.4 Å². The van der Waals surface area contributed by atoms with Crippen LogP contribution in [0.3, 0.4) is 0 Å². The number of thioether (sulfide) groups is 1. The van der Waals surface area contributed by atoms with Crippen LogP contribution in [0, 0.1) is 0 Å². The van der Waals surface area contributed by atoms with Gasteiger partial charge in [-0.1, -0.05) is 84.6 Å². The summed E-state index contributed by atoms with van der Waals surface area (Å²) in [5.74, 6) is -0.354. The highest BCUT2D eigenvalue weighted by Crippen LogP contribution is 2.32. The number of benzene rings is 2. The van der Waals surface area contributed by atoms with E-state index in [0.717, 1.165) is 16.9 Å². The monoisotopic (exact) mass is 465 g/mol. The molecule has 1 N–H and O–H groups in total. The highest BCUT2D eigenvalue weighted by molar-refractivity contribution is 8.26. The Bertz CT molecular complexity index is 1130. The molecule has 1 saturated heterocycles. The van der Waals surface area contributed by atoms with Gasteiger partial charge in [-0.3, -0.25) is 14.5 Å². The van der Waals surface area contributed by atoms with Crippen LogP contribution in [0.4, 0.5) is 5.13 Å². The number of aromatic nitrogens is 1. The number of carbonyl (C=O) groups is 2. The SMILES string of the molecule is O=C(CCN1C(=O)C(=Cc2ccccc2)SC1=S)Nc1ncc(Cc2ccccc2)s1. The van der Waals surface area contributed by atoms with E-state index in [1.807, 2.05) is 54.6 Å². The number of hydrogen-bond acceptors (Lipinski definition) is 6. The third-order valence-corrected chi connectivity index (χ3v) is 6.85. The first-order valence-corrected chi connectivity index (χ1v) is 11.7. The maximum Gasteiger partial charge on any atom is 0.266 e. The normalized spacial score (nSPS) is 15.0. The average Bonchev–Trinajstić information content (AvgIpc) is 3.31. The zero-order valence-corrected chi connectivity index (χ0v) is 18.9. The van der Waals surface area contributed by atoms with E-state index >= 15 is 0 Å². The topological polar surface area (TPSA) is 62.3 Å². The van der Waals surface area contributed by atoms with Gasteiger partial charge >= 0.3 is 0 Å². The Labute approximate surface area is 194 Å². The van der Waals surface area contributed by atoms with E-state index in [-0.39, 0.29) is 24.8 Å². The summed E-state index contributed by atoms with van der Waals surface area (Å²) in [6, 6.07) is 19.7. The van der Waals surface area contributed by atoms with Crippen LogP contribution in [-0.4, -0.2) is 32.6 Å². The number of carbonyl (C=O) groups excluding carboxylic acids is 2. The number of amides is 2. The zero-order chi connectivity index (χ0) is 21.6. The van der Waals surface area contributed by atoms with Gasteiger partial charge < -0.3 is 5.32 Å². The Hall–Kier alpha value is -2.81. The number of rotatable bonds is 7. The predicted octanol–water partition coefficient (Wildman–Crippen LogP) is 4.96. The van der Waals surface area contributed by atoms with Gasteiger partial charge in [0.1, 0.15) is 4.32 Å². The van der Waals surface area contributed by atoms with Crippen LogP contribution in [-0.2, 0) is 16.0 Å². The van der Waals surface area contributed by atoms with Crippen molar-refractivity contribution in [1.82, 2.24) is 9.88 Å². The molecule has 0 saturated carbocycles. The Balaban J connectivity index is 1.30. The predicted molar refractivity (Wildman–Crippen MR) is 131 cm³/mol. The van der Waals surface area contributed by atoms with Crippen molar-refractivity contribution in [2.75, 3.05) is 11.9 Å². The molecule has 2 amide bonds. The molecule has 0 unspecified atom stereocenters. The third-order valence-electron chi connectivity index (χ3n) is 4.55. The lowest BCUT2D eigenvalue weighted by atomic mass is 10.1. The quantitative estimate of drug-likeness (QED) is 0.395. The van der Waals surface area contributed by atoms with E-state index in [1.165, 1.54) is 33.6 Å². The number of nitrogens with one attached hydrogen (secondary N) is 1. The molecule has 3 aromatic rings. The Morgan fingerprint density at radius 1 is 1.10 bits per heavy atom. The van der Waals surface area contributed by atoms with Gasteiger partial charge in [0.25, 0.3) is 5.91 Å². The summed E-state index contributed by atoms with van der Waals surface area (Å²) in [5, 5.41) is 3.38. The van der Waals surface area contributed by atoms with Gasteiger partial charge in [-0.15, -0.1) is 11.3 Å². The van der Waals surface area contributed by atoms with Crippen molar-refractivity contribution in [3.05, 3.63) is 87.8 Å². The van der Waals surface area contributed by atoms with Crippen LogP contribution in [0.2, 0.25) is 0 Å². The lowest BCUT2D eigenvalue weighted by Gasteiger charge is -2.13. The highest BCUT2D eigenvalue weighted by atomic mass is 32.2. The summed E-state index contributed by atoms with van der Waals surface area (Å²) in [6.45, 7) is 0.241. The van der Waals surface area contributed by atoms with Gasteiger partial charge in [0.2, 0.25) is 5.91 Å². The number of hydrogen-bond donors (Lipinski definition) is 1. The molecule has 5 nitrogen and oxygen atoms in total. The number of thiazole rings is 1. The van der Waals surface area contributed by atoms with Crippen LogP contribution < -0.4 is 5.32 Å². The van der Waals surface area contributed by atoms with Crippen molar-refractivity contribution in [3.63, 3.8) is 0 Å². The van der Waals surface area contributed by atoms with E-state index in [1.54, 1.807) is 6.20 Å². The molecule has 156 valence electrons. The zero-order valence-electron chi connectivity index (χ0n) is 16.5. The number of nitrogens with zero attached hydrogens (tertiary/aromatic N) is 2. The largest absolute Gasteiger partial charge is 0.302 e. The summed E-state index contributed by atoms with van der Waals surface area (Å²) in [4.78, 5) is 32.5. The molecule has 8 heteroatoms. The minimum atomic E-state index is -0.193. The fourth-order valence-corrected chi connectivity index (χ4v) is 5.20. The average molecular weight is 466 g/mol. The molecular weight excluding hydrogens is 446 g/mol. The highest BCUT2D eigenvalue weighted by Gasteiger charge is 2.32. The number of thiocarbonyl (C=S) groups is 1. The van der Waals surface area contributed by atoms with Crippen LogP contribution in [0.15, 0.2) is 71.8 Å². The molecule has 0 aliphatic carbocycles. The van der Waals surface area contributed by atoms with Crippen LogP contribution in [0.25, 0.3) is 6.08 Å². The summed E-state index contributed by atoms with van der Waals surface area (Å²) >= 11 is 8.06. The lowest BCUT2D eigenvalue weighted by Crippen LogP contribution is -2.31. The smallest absolute Gasteiger partial charge is 0.266 e. The Kier molecular flexibility index (Phi) is 6.91. The van der Waals surface area contributed by atoms with Crippen LogP contribution >= 0.6 is 35.3 Å². The lowest BCUT2D eigenvalue weighted by molar-refractivity contribution is -0.122. The molecule has 0 atom stereocenters. The third kappa shape index (κ3) is 5.66. The fourth-order valence-electron chi connectivity index (χ4n) is 3.03. The van der Waals surface area contributed by atoms with Crippen LogP contribution in [0.5, 0.6) is 0 Å². The van der Waals surface area contributed by atoms with E-state index in [9.17, 15) is 9.59 Å². The van der Waals surface area contributed by atoms with Crippen molar-refractivity contribution < 1.29 is 9.59 Å². The van der Waals surface area contributed by atoms with Gasteiger partial charge in [-0.25, -0.2) is 4.98 Å². The number of anilines is 1. The minimum absolute atomic E-state index is 0.151. The molecule has 2 heterocycles. The molecule has 1 fully saturated rings. The summed E-state index contributed by atoms with van der Waals surface area (Å²) in [5.41, 5.74) is 2.14. The molecule has 1 aliphatic rings. The van der Waals surface area contributed by atoms with Gasteiger partial charge in [0, 0.05) is 30.5 Å². The van der Waals surface area contributed by atoms with Gasteiger partial charge in [-0.05, 0) is 17.2 Å². The first-order valence-electron chi connectivity index (χ1n) is 9.67. The Morgan fingerprint density at radius 3 is 2.55 bits per heavy atom. The van der Waals surface area contributed by atoms with E-state index in [2.05, 4.69) is 22.4 Å². The first kappa shape index (κ1) is 21.4. The van der Waals surface area contributed by atoms with Crippen molar-refractivity contribution in [1.29, 1.82) is 0 Å². The maximum atomic E-state index is 12.7. The second-order valence-corrected chi connectivity index (χ2v) is 9.63. The fraction of sp³-hybridized carbons (Fsp3) is 0.130. The molecule has 31 heavy (non-hydrogen) atoms. The van der Waals surface area contributed by atoms with Crippen molar-refractivity contribution in [3.8, 4) is 0 Å². The van der Waals surface area contributed by atoms with E-state index in [4.69, 9.17) is 12.2 Å².